The fourth-order valence-electron chi connectivity index (χ4n) is 3.04. The highest BCUT2D eigenvalue weighted by Gasteiger charge is 2.21. The summed E-state index contributed by atoms with van der Waals surface area (Å²) in [6.45, 7) is 5.03. The summed E-state index contributed by atoms with van der Waals surface area (Å²) in [6, 6.07) is 13.1. The number of para-hydroxylation sites is 1. The van der Waals surface area contributed by atoms with Gasteiger partial charge in [0, 0.05) is 30.5 Å². The van der Waals surface area contributed by atoms with Crippen LogP contribution >= 0.6 is 23.4 Å². The molecule has 0 radical (unpaired) electrons. The third-order valence-corrected chi connectivity index (χ3v) is 6.00. The molecule has 3 amide bonds. The molecule has 1 heterocycles. The number of nitrogens with one attached hydrogen (secondary N) is 2. The van der Waals surface area contributed by atoms with E-state index < -0.39 is 17.2 Å². The van der Waals surface area contributed by atoms with Gasteiger partial charge in [0.05, 0.1) is 16.2 Å². The van der Waals surface area contributed by atoms with E-state index in [-0.39, 0.29) is 5.56 Å². The van der Waals surface area contributed by atoms with Crippen LogP contribution in [-0.4, -0.2) is 40.0 Å². The van der Waals surface area contributed by atoms with E-state index >= 15 is 0 Å². The van der Waals surface area contributed by atoms with E-state index in [0.29, 0.717) is 52.9 Å². The maximum atomic E-state index is 13.1. The van der Waals surface area contributed by atoms with E-state index in [1.54, 1.807) is 49.4 Å². The number of anilines is 1. The van der Waals surface area contributed by atoms with E-state index in [1.165, 1.54) is 4.57 Å². The van der Waals surface area contributed by atoms with E-state index in [0.717, 1.165) is 11.8 Å². The molecular formula is C23H25ClN4O4S. The zero-order chi connectivity index (χ0) is 23.8. The highest BCUT2D eigenvalue weighted by atomic mass is 35.5. The number of urea groups is 1. The number of imide groups is 1. The Kier molecular flexibility index (Phi) is 8.87. The van der Waals surface area contributed by atoms with Crippen molar-refractivity contribution in [1.82, 2.24) is 14.9 Å². The Labute approximate surface area is 200 Å². The molecule has 0 saturated carbocycles. The van der Waals surface area contributed by atoms with Crippen molar-refractivity contribution >= 4 is 51.9 Å². The molecule has 0 aliphatic carbocycles. The van der Waals surface area contributed by atoms with Gasteiger partial charge in [-0.3, -0.25) is 19.5 Å². The fraction of sp³-hybridized carbons (Fsp3) is 0.304. The number of fused-ring (bicyclic) bond motifs is 1. The van der Waals surface area contributed by atoms with Crippen LogP contribution in [0.5, 0.6) is 0 Å². The molecule has 1 atom stereocenters. The molecule has 3 aromatic rings. The normalized spacial score (nSPS) is 11.8. The highest BCUT2D eigenvalue weighted by Crippen LogP contribution is 2.24. The first kappa shape index (κ1) is 24.8. The summed E-state index contributed by atoms with van der Waals surface area (Å²) in [7, 11) is 0. The average molecular weight is 489 g/mol. The number of amides is 3. The number of hydrogen-bond acceptors (Lipinski definition) is 6. The second kappa shape index (κ2) is 11.8. The lowest BCUT2D eigenvalue weighted by atomic mass is 10.2. The van der Waals surface area contributed by atoms with Crippen molar-refractivity contribution in [3.05, 3.63) is 63.9 Å². The number of rotatable bonds is 9. The van der Waals surface area contributed by atoms with Crippen LogP contribution in [0.15, 0.2) is 58.5 Å². The number of carbonyl (C=O) groups is 2. The molecule has 174 valence electrons. The smallest absolute Gasteiger partial charge is 0.325 e. The van der Waals surface area contributed by atoms with Gasteiger partial charge in [0.2, 0.25) is 5.91 Å². The summed E-state index contributed by atoms with van der Waals surface area (Å²) in [5, 5.41) is 5.52. The lowest BCUT2D eigenvalue weighted by molar-refractivity contribution is -0.119. The topological polar surface area (TPSA) is 102 Å². The summed E-state index contributed by atoms with van der Waals surface area (Å²) in [5.41, 5.74) is 0.801. The Balaban J connectivity index is 1.78. The number of ether oxygens (including phenoxy) is 1. The minimum atomic E-state index is -0.687. The Bertz CT molecular complexity index is 1190. The van der Waals surface area contributed by atoms with Crippen LogP contribution < -0.4 is 16.2 Å². The molecule has 1 unspecified atom stereocenters. The molecule has 0 spiro atoms. The molecule has 0 aliphatic rings. The zero-order valence-electron chi connectivity index (χ0n) is 18.3. The molecule has 1 aromatic heterocycles. The van der Waals surface area contributed by atoms with E-state index in [4.69, 9.17) is 16.3 Å². The van der Waals surface area contributed by atoms with Crippen LogP contribution in [0, 0.1) is 0 Å². The molecule has 2 aromatic carbocycles. The number of carbonyl (C=O) groups excluding carboxylic acids is 2. The summed E-state index contributed by atoms with van der Waals surface area (Å²) in [5.74, 6) is -0.505. The quantitative estimate of drug-likeness (QED) is 0.264. The molecular weight excluding hydrogens is 464 g/mol. The Morgan fingerprint density at radius 2 is 1.97 bits per heavy atom. The molecule has 2 N–H and O–H groups in total. The predicted octanol–water partition coefficient (Wildman–Crippen LogP) is 4.31. The van der Waals surface area contributed by atoms with Crippen LogP contribution in [0.4, 0.5) is 10.5 Å². The number of hydrogen-bond donors (Lipinski definition) is 2. The second-order valence-electron chi connectivity index (χ2n) is 7.13. The molecule has 3 rings (SSSR count). The van der Waals surface area contributed by atoms with Crippen molar-refractivity contribution in [2.45, 2.75) is 37.2 Å². The van der Waals surface area contributed by atoms with Crippen molar-refractivity contribution in [3.8, 4) is 0 Å². The number of aromatic nitrogens is 2. The lowest BCUT2D eigenvalue weighted by Gasteiger charge is -2.16. The van der Waals surface area contributed by atoms with Crippen LogP contribution in [0.25, 0.3) is 10.9 Å². The van der Waals surface area contributed by atoms with Gasteiger partial charge in [-0.05, 0) is 50.6 Å². The minimum absolute atomic E-state index is 0.218. The molecule has 0 bridgehead atoms. The SMILES string of the molecule is CCOCCCn1c(SC(C)C(=O)NC(=O)Nc2ccccc2)nc2cc(Cl)ccc2c1=O. The summed E-state index contributed by atoms with van der Waals surface area (Å²) >= 11 is 7.18. The van der Waals surface area contributed by atoms with Crippen LogP contribution in [-0.2, 0) is 16.1 Å². The maximum absolute atomic E-state index is 13.1. The van der Waals surface area contributed by atoms with E-state index in [2.05, 4.69) is 15.6 Å². The Morgan fingerprint density at radius 1 is 1.21 bits per heavy atom. The van der Waals surface area contributed by atoms with Gasteiger partial charge in [-0.25, -0.2) is 9.78 Å². The predicted molar refractivity (Wildman–Crippen MR) is 131 cm³/mol. The summed E-state index contributed by atoms with van der Waals surface area (Å²) in [6.07, 6.45) is 0.613. The molecule has 0 saturated heterocycles. The van der Waals surface area contributed by atoms with Gasteiger partial charge in [-0.15, -0.1) is 0 Å². The number of thioether (sulfide) groups is 1. The minimum Gasteiger partial charge on any atom is -0.382 e. The third-order valence-electron chi connectivity index (χ3n) is 4.68. The number of halogens is 1. The number of benzene rings is 2. The number of nitrogens with zero attached hydrogens (tertiary/aromatic N) is 2. The first-order valence-corrected chi connectivity index (χ1v) is 11.8. The van der Waals surface area contributed by atoms with Crippen molar-refractivity contribution in [1.29, 1.82) is 0 Å². The second-order valence-corrected chi connectivity index (χ2v) is 8.88. The largest absolute Gasteiger partial charge is 0.382 e. The average Bonchev–Trinajstić information content (AvgIpc) is 2.78. The standard InChI is InChI=1S/C23H25ClN4O4S/c1-3-32-13-7-12-28-21(30)18-11-10-16(24)14-19(18)26-23(28)33-15(2)20(29)27-22(31)25-17-8-5-4-6-9-17/h4-6,8-11,14-15H,3,7,12-13H2,1-2H3,(H2,25,27,29,31). The van der Waals surface area contributed by atoms with Crippen molar-refractivity contribution in [2.24, 2.45) is 0 Å². The van der Waals surface area contributed by atoms with Gasteiger partial charge in [-0.1, -0.05) is 41.6 Å². The van der Waals surface area contributed by atoms with Crippen LogP contribution in [0.2, 0.25) is 5.02 Å². The van der Waals surface area contributed by atoms with Gasteiger partial charge in [0.1, 0.15) is 0 Å². The third kappa shape index (κ3) is 6.80. The van der Waals surface area contributed by atoms with E-state index in [1.807, 2.05) is 13.0 Å². The first-order valence-electron chi connectivity index (χ1n) is 10.5. The van der Waals surface area contributed by atoms with Gasteiger partial charge < -0.3 is 10.1 Å². The maximum Gasteiger partial charge on any atom is 0.325 e. The summed E-state index contributed by atoms with van der Waals surface area (Å²) < 4.78 is 6.92. The Morgan fingerprint density at radius 3 is 2.70 bits per heavy atom. The van der Waals surface area contributed by atoms with E-state index in [9.17, 15) is 14.4 Å². The highest BCUT2D eigenvalue weighted by molar-refractivity contribution is 8.00. The van der Waals surface area contributed by atoms with Gasteiger partial charge in [0.25, 0.3) is 5.56 Å². The summed E-state index contributed by atoms with van der Waals surface area (Å²) in [4.78, 5) is 42.5. The molecule has 10 heteroatoms. The van der Waals surface area contributed by atoms with Gasteiger partial charge in [0.15, 0.2) is 5.16 Å². The molecule has 0 aliphatic heterocycles. The van der Waals surface area contributed by atoms with Gasteiger partial charge in [-0.2, -0.15) is 0 Å². The molecule has 0 fully saturated rings. The van der Waals surface area contributed by atoms with Gasteiger partial charge >= 0.3 is 6.03 Å². The van der Waals surface area contributed by atoms with Crippen molar-refractivity contribution in [3.63, 3.8) is 0 Å². The Hall–Kier alpha value is -2.88. The zero-order valence-corrected chi connectivity index (χ0v) is 19.9. The monoisotopic (exact) mass is 488 g/mol. The van der Waals surface area contributed by atoms with Crippen LogP contribution in [0.1, 0.15) is 20.3 Å². The molecule has 8 nitrogen and oxygen atoms in total. The lowest BCUT2D eigenvalue weighted by Crippen LogP contribution is -2.39. The van der Waals surface area contributed by atoms with Crippen molar-refractivity contribution in [2.75, 3.05) is 18.5 Å². The molecule has 33 heavy (non-hydrogen) atoms. The fourth-order valence-corrected chi connectivity index (χ4v) is 4.14. The van der Waals surface area contributed by atoms with Crippen LogP contribution in [0.3, 0.4) is 0 Å². The van der Waals surface area contributed by atoms with Crippen molar-refractivity contribution < 1.29 is 14.3 Å². The first-order chi connectivity index (χ1) is 15.9.